The van der Waals surface area contributed by atoms with Crippen molar-refractivity contribution in [1.82, 2.24) is 5.43 Å². The molecule has 4 nitrogen and oxygen atoms in total. The van der Waals surface area contributed by atoms with E-state index in [1.807, 2.05) is 37.3 Å². The molecule has 2 aromatic rings. The van der Waals surface area contributed by atoms with Crippen molar-refractivity contribution in [3.8, 4) is 0 Å². The topological polar surface area (TPSA) is 39.7 Å². The summed E-state index contributed by atoms with van der Waals surface area (Å²) in [6.45, 7) is 5.20. The van der Waals surface area contributed by atoms with Gasteiger partial charge in [-0.3, -0.25) is 5.43 Å². The Morgan fingerprint density at radius 1 is 1.24 bits per heavy atom. The molecular weight excluding hydrogens is 352 g/mol. The van der Waals surface area contributed by atoms with Crippen LogP contribution in [0.4, 0.5) is 11.4 Å². The SMILES string of the molecule is CCCN(C)c1ccc(C=NNC(=S)Nc2ccc(C)cc2Cl)cc1. The van der Waals surface area contributed by atoms with Gasteiger partial charge in [0.15, 0.2) is 5.11 Å². The number of halogens is 1. The minimum Gasteiger partial charge on any atom is -0.375 e. The summed E-state index contributed by atoms with van der Waals surface area (Å²) < 4.78 is 0. The molecule has 132 valence electrons. The molecular formula is C19H23ClN4S. The number of aryl methyl sites for hydroxylation is 1. The van der Waals surface area contributed by atoms with Crippen molar-refractivity contribution < 1.29 is 0 Å². The van der Waals surface area contributed by atoms with E-state index in [-0.39, 0.29) is 0 Å². The van der Waals surface area contributed by atoms with Gasteiger partial charge in [0, 0.05) is 19.3 Å². The molecule has 0 saturated carbocycles. The molecule has 0 atom stereocenters. The normalized spacial score (nSPS) is 10.7. The minimum atomic E-state index is 0.390. The lowest BCUT2D eigenvalue weighted by molar-refractivity contribution is 0.852. The Morgan fingerprint density at radius 3 is 2.60 bits per heavy atom. The standard InChI is InChI=1S/C19H23ClN4S/c1-4-11-24(3)16-8-6-15(7-9-16)13-21-23-19(25)22-18-10-5-14(2)12-17(18)20/h5-10,12-13H,4,11H2,1-3H3,(H2,22,23,25). The first-order valence-corrected chi connectivity index (χ1v) is 8.95. The van der Waals surface area contributed by atoms with Crippen molar-refractivity contribution in [2.24, 2.45) is 5.10 Å². The Balaban J connectivity index is 1.88. The maximum absolute atomic E-state index is 6.17. The molecule has 0 bridgehead atoms. The molecule has 0 heterocycles. The summed E-state index contributed by atoms with van der Waals surface area (Å²) in [4.78, 5) is 2.23. The Bertz CT molecular complexity index is 744. The highest BCUT2D eigenvalue weighted by Gasteiger charge is 2.02. The van der Waals surface area contributed by atoms with E-state index in [1.54, 1.807) is 6.21 Å². The number of hydrazone groups is 1. The second-order valence-electron chi connectivity index (χ2n) is 5.82. The number of rotatable bonds is 6. The molecule has 0 radical (unpaired) electrons. The Hall–Kier alpha value is -2.11. The molecule has 0 unspecified atom stereocenters. The molecule has 0 saturated heterocycles. The largest absolute Gasteiger partial charge is 0.375 e. The molecule has 0 fully saturated rings. The smallest absolute Gasteiger partial charge is 0.191 e. The highest BCUT2D eigenvalue weighted by molar-refractivity contribution is 7.80. The van der Waals surface area contributed by atoms with E-state index in [4.69, 9.17) is 23.8 Å². The monoisotopic (exact) mass is 374 g/mol. The van der Waals surface area contributed by atoms with E-state index in [0.29, 0.717) is 10.1 Å². The van der Waals surface area contributed by atoms with Crippen LogP contribution in [0.2, 0.25) is 5.02 Å². The second kappa shape index (κ2) is 9.39. The fourth-order valence-electron chi connectivity index (χ4n) is 2.32. The lowest BCUT2D eigenvalue weighted by Crippen LogP contribution is -2.24. The lowest BCUT2D eigenvalue weighted by Gasteiger charge is -2.18. The maximum Gasteiger partial charge on any atom is 0.191 e. The van der Waals surface area contributed by atoms with E-state index < -0.39 is 0 Å². The molecule has 2 rings (SSSR count). The van der Waals surface area contributed by atoms with Crippen LogP contribution in [0.1, 0.15) is 24.5 Å². The van der Waals surface area contributed by atoms with E-state index >= 15 is 0 Å². The van der Waals surface area contributed by atoms with Crippen molar-refractivity contribution in [2.75, 3.05) is 23.8 Å². The molecule has 0 spiro atoms. The fourth-order valence-corrected chi connectivity index (χ4v) is 2.76. The first-order chi connectivity index (χ1) is 12.0. The number of thiocarbonyl (C=S) groups is 1. The Morgan fingerprint density at radius 2 is 1.96 bits per heavy atom. The van der Waals surface area contributed by atoms with Gasteiger partial charge in [-0.2, -0.15) is 5.10 Å². The molecule has 6 heteroatoms. The van der Waals surface area contributed by atoms with Crippen molar-refractivity contribution in [1.29, 1.82) is 0 Å². The van der Waals surface area contributed by atoms with Crippen LogP contribution in [0, 0.1) is 6.92 Å². The zero-order valence-electron chi connectivity index (χ0n) is 14.7. The molecule has 0 amide bonds. The van der Waals surface area contributed by atoms with Crippen LogP contribution in [-0.2, 0) is 0 Å². The number of nitrogens with one attached hydrogen (secondary N) is 2. The van der Waals surface area contributed by atoms with Crippen LogP contribution in [-0.4, -0.2) is 24.9 Å². The third-order valence-electron chi connectivity index (χ3n) is 3.65. The highest BCUT2D eigenvalue weighted by Crippen LogP contribution is 2.22. The average molecular weight is 375 g/mol. The predicted octanol–water partition coefficient (Wildman–Crippen LogP) is 4.82. The summed E-state index contributed by atoms with van der Waals surface area (Å²) in [5.41, 5.74) is 6.84. The van der Waals surface area contributed by atoms with E-state index in [9.17, 15) is 0 Å². The van der Waals surface area contributed by atoms with Gasteiger partial charge in [0.1, 0.15) is 0 Å². The van der Waals surface area contributed by atoms with Crippen molar-refractivity contribution in [3.63, 3.8) is 0 Å². The molecule has 2 N–H and O–H groups in total. The summed E-state index contributed by atoms with van der Waals surface area (Å²) in [6.07, 6.45) is 2.85. The Kier molecular flexibility index (Phi) is 7.22. The molecule has 0 aromatic heterocycles. The number of nitrogens with zero attached hydrogens (tertiary/aromatic N) is 2. The van der Waals surface area contributed by atoms with Gasteiger partial charge in [0.05, 0.1) is 16.9 Å². The molecule has 0 aliphatic carbocycles. The zero-order valence-corrected chi connectivity index (χ0v) is 16.3. The average Bonchev–Trinajstić information content (AvgIpc) is 2.58. The van der Waals surface area contributed by atoms with E-state index in [2.05, 4.69) is 46.8 Å². The van der Waals surface area contributed by atoms with E-state index in [1.165, 1.54) is 5.69 Å². The molecule has 0 aliphatic rings. The second-order valence-corrected chi connectivity index (χ2v) is 6.64. The molecule has 25 heavy (non-hydrogen) atoms. The van der Waals surface area contributed by atoms with Gasteiger partial charge in [0.2, 0.25) is 0 Å². The number of hydrogen-bond donors (Lipinski definition) is 2. The zero-order chi connectivity index (χ0) is 18.2. The Labute approximate surface area is 159 Å². The summed E-state index contributed by atoms with van der Waals surface area (Å²) in [6, 6.07) is 14.0. The first kappa shape index (κ1) is 19.2. The summed E-state index contributed by atoms with van der Waals surface area (Å²) in [5, 5.41) is 8.21. The first-order valence-electron chi connectivity index (χ1n) is 8.17. The van der Waals surface area contributed by atoms with Crippen LogP contribution in [0.3, 0.4) is 0 Å². The third kappa shape index (κ3) is 6.03. The summed E-state index contributed by atoms with van der Waals surface area (Å²) >= 11 is 11.4. The van der Waals surface area contributed by atoms with Gasteiger partial charge in [-0.25, -0.2) is 0 Å². The van der Waals surface area contributed by atoms with Crippen LogP contribution < -0.4 is 15.6 Å². The number of benzene rings is 2. The van der Waals surface area contributed by atoms with Gasteiger partial charge < -0.3 is 10.2 Å². The van der Waals surface area contributed by atoms with Crippen LogP contribution >= 0.6 is 23.8 Å². The number of hydrogen-bond acceptors (Lipinski definition) is 3. The maximum atomic E-state index is 6.17. The predicted molar refractivity (Wildman–Crippen MR) is 113 cm³/mol. The van der Waals surface area contributed by atoms with Gasteiger partial charge in [-0.05, 0) is 61.0 Å². The van der Waals surface area contributed by atoms with Crippen molar-refractivity contribution in [2.45, 2.75) is 20.3 Å². The van der Waals surface area contributed by atoms with Gasteiger partial charge in [-0.15, -0.1) is 0 Å². The van der Waals surface area contributed by atoms with E-state index in [0.717, 1.165) is 29.8 Å². The number of anilines is 2. The van der Waals surface area contributed by atoms with Gasteiger partial charge in [0.25, 0.3) is 0 Å². The third-order valence-corrected chi connectivity index (χ3v) is 4.15. The minimum absolute atomic E-state index is 0.390. The fraction of sp³-hybridized carbons (Fsp3) is 0.263. The summed E-state index contributed by atoms with van der Waals surface area (Å²) in [5.74, 6) is 0. The van der Waals surface area contributed by atoms with Crippen LogP contribution in [0.5, 0.6) is 0 Å². The molecule has 0 aliphatic heterocycles. The van der Waals surface area contributed by atoms with Crippen molar-refractivity contribution in [3.05, 3.63) is 58.6 Å². The van der Waals surface area contributed by atoms with Crippen LogP contribution in [0.25, 0.3) is 0 Å². The van der Waals surface area contributed by atoms with Crippen molar-refractivity contribution >= 4 is 46.5 Å². The van der Waals surface area contributed by atoms with Gasteiger partial charge in [-0.1, -0.05) is 36.7 Å². The van der Waals surface area contributed by atoms with Gasteiger partial charge >= 0.3 is 0 Å². The highest BCUT2D eigenvalue weighted by atomic mass is 35.5. The van der Waals surface area contributed by atoms with Crippen LogP contribution in [0.15, 0.2) is 47.6 Å². The molecule has 2 aromatic carbocycles. The summed E-state index contributed by atoms with van der Waals surface area (Å²) in [7, 11) is 2.09. The lowest BCUT2D eigenvalue weighted by atomic mass is 10.2. The quantitative estimate of drug-likeness (QED) is 0.432.